The number of rotatable bonds is 13. The van der Waals surface area contributed by atoms with Gasteiger partial charge >= 0.3 is 15.7 Å². The second-order valence-electron chi connectivity index (χ2n) is 6.70. The number of carbonyl (C=O) groups is 2. The molecule has 1 aromatic carbocycles. The summed E-state index contributed by atoms with van der Waals surface area (Å²) >= 11 is 0.816. The molecule has 10 heteroatoms. The normalized spacial score (nSPS) is 12.8. The van der Waals surface area contributed by atoms with Gasteiger partial charge < -0.3 is 4.74 Å². The van der Waals surface area contributed by atoms with Crippen molar-refractivity contribution < 1.29 is 22.7 Å². The summed E-state index contributed by atoms with van der Waals surface area (Å²) < 4.78 is 33.6. The number of imide groups is 1. The number of amides is 2. The number of ether oxygens (including phenoxy) is 1. The molecule has 2 unspecified atom stereocenters. The van der Waals surface area contributed by atoms with Crippen molar-refractivity contribution >= 4 is 33.6 Å². The number of nitrogens with one attached hydrogen (secondary N) is 1. The third-order valence-electron chi connectivity index (χ3n) is 4.66. The third-order valence-corrected chi connectivity index (χ3v) is 5.62. The SMILES string of the molecule is CCCCC(CCCN(C(=O)SNC)C(=O)C(CN=S(=O)=O)c1ccccc1)OC. The van der Waals surface area contributed by atoms with Gasteiger partial charge in [-0.15, -0.1) is 0 Å². The first kappa shape index (κ1) is 26.3. The van der Waals surface area contributed by atoms with Crippen LogP contribution >= 0.6 is 11.9 Å². The predicted molar refractivity (Wildman–Crippen MR) is 119 cm³/mol. The maximum Gasteiger partial charge on any atom is 0.311 e. The van der Waals surface area contributed by atoms with Gasteiger partial charge in [0.05, 0.1) is 18.6 Å². The van der Waals surface area contributed by atoms with E-state index in [1.807, 2.05) is 0 Å². The molecule has 0 radical (unpaired) electrons. The van der Waals surface area contributed by atoms with Crippen LogP contribution in [-0.2, 0) is 20.0 Å². The van der Waals surface area contributed by atoms with Gasteiger partial charge in [-0.3, -0.25) is 19.2 Å². The summed E-state index contributed by atoms with van der Waals surface area (Å²) in [6, 6.07) is 8.77. The van der Waals surface area contributed by atoms with E-state index < -0.39 is 27.6 Å². The summed E-state index contributed by atoms with van der Waals surface area (Å²) in [7, 11) is 0.632. The van der Waals surface area contributed by atoms with Gasteiger partial charge in [0.15, 0.2) is 0 Å². The van der Waals surface area contributed by atoms with Crippen LogP contribution in [-0.4, -0.2) is 57.8 Å². The lowest BCUT2D eigenvalue weighted by atomic mass is 9.97. The fourth-order valence-electron chi connectivity index (χ4n) is 3.06. The number of unbranched alkanes of at least 4 members (excludes halogenated alkanes) is 1. The smallest absolute Gasteiger partial charge is 0.311 e. The molecular weight excluding hydrogens is 426 g/mol. The monoisotopic (exact) mass is 457 g/mol. The fraction of sp³-hybridized carbons (Fsp3) is 0.600. The third kappa shape index (κ3) is 9.38. The van der Waals surface area contributed by atoms with E-state index in [-0.39, 0.29) is 19.2 Å². The molecule has 168 valence electrons. The second kappa shape index (κ2) is 15.1. The van der Waals surface area contributed by atoms with Crippen molar-refractivity contribution in [2.75, 3.05) is 27.2 Å². The summed E-state index contributed by atoms with van der Waals surface area (Å²) in [5.74, 6) is -1.32. The van der Waals surface area contributed by atoms with E-state index in [1.54, 1.807) is 44.5 Å². The van der Waals surface area contributed by atoms with Crippen molar-refractivity contribution in [3.05, 3.63) is 35.9 Å². The number of hydrogen-bond acceptors (Lipinski definition) is 8. The van der Waals surface area contributed by atoms with E-state index >= 15 is 0 Å². The molecule has 0 aliphatic rings. The number of hydrogen-bond donors (Lipinski definition) is 1. The highest BCUT2D eigenvalue weighted by atomic mass is 32.2. The molecule has 0 saturated carbocycles. The van der Waals surface area contributed by atoms with Gasteiger partial charge in [0.25, 0.3) is 0 Å². The van der Waals surface area contributed by atoms with Crippen LogP contribution in [0.1, 0.15) is 50.5 Å². The van der Waals surface area contributed by atoms with Crippen molar-refractivity contribution in [2.45, 2.75) is 51.0 Å². The molecule has 1 rings (SSSR count). The van der Waals surface area contributed by atoms with Crippen LogP contribution in [0.3, 0.4) is 0 Å². The van der Waals surface area contributed by atoms with Gasteiger partial charge in [-0.25, -0.2) is 0 Å². The molecule has 30 heavy (non-hydrogen) atoms. The Morgan fingerprint density at radius 2 is 1.87 bits per heavy atom. The number of methoxy groups -OCH3 is 1. The van der Waals surface area contributed by atoms with E-state index in [1.165, 1.54) is 4.90 Å². The zero-order valence-corrected chi connectivity index (χ0v) is 19.4. The molecular formula is C20H31N3O5S2. The molecule has 0 spiro atoms. The zero-order chi connectivity index (χ0) is 22.4. The molecule has 0 fully saturated rings. The first-order valence-corrected chi connectivity index (χ1v) is 11.8. The zero-order valence-electron chi connectivity index (χ0n) is 17.7. The first-order valence-electron chi connectivity index (χ1n) is 9.98. The number of carbonyl (C=O) groups excluding carboxylic acids is 2. The van der Waals surface area contributed by atoms with Gasteiger partial charge in [0.1, 0.15) is 0 Å². The van der Waals surface area contributed by atoms with E-state index in [0.717, 1.165) is 37.6 Å². The summed E-state index contributed by atoms with van der Waals surface area (Å²) in [5, 5.41) is -0.436. The average molecular weight is 458 g/mol. The Hall–Kier alpha value is -1.75. The second-order valence-corrected chi connectivity index (χ2v) is 8.35. The molecule has 0 heterocycles. The van der Waals surface area contributed by atoms with Crippen molar-refractivity contribution in [1.29, 1.82) is 0 Å². The van der Waals surface area contributed by atoms with E-state index in [4.69, 9.17) is 4.74 Å². The molecule has 2 amide bonds. The van der Waals surface area contributed by atoms with Crippen LogP contribution in [0.15, 0.2) is 34.7 Å². The standard InChI is InChI=1S/C20H31N3O5S2/c1-4-5-12-17(28-3)13-9-14-23(20(25)29-21-2)19(24)18(15-22-30(26)27)16-10-7-6-8-11-16/h6-8,10-11,17-18,21H,4-5,9,12-15H2,1-3H3. The highest BCUT2D eigenvalue weighted by Crippen LogP contribution is 2.22. The van der Waals surface area contributed by atoms with Crippen LogP contribution in [0.4, 0.5) is 4.79 Å². The highest BCUT2D eigenvalue weighted by Gasteiger charge is 2.30. The Balaban J connectivity index is 3.00. The lowest BCUT2D eigenvalue weighted by Gasteiger charge is -2.25. The summed E-state index contributed by atoms with van der Waals surface area (Å²) in [6.07, 6.45) is 4.46. The quantitative estimate of drug-likeness (QED) is 0.451. The Morgan fingerprint density at radius 3 is 2.43 bits per heavy atom. The average Bonchev–Trinajstić information content (AvgIpc) is 2.74. The largest absolute Gasteiger partial charge is 0.381 e. The van der Waals surface area contributed by atoms with Gasteiger partial charge in [-0.2, -0.15) is 12.8 Å². The van der Waals surface area contributed by atoms with E-state index in [9.17, 15) is 18.0 Å². The van der Waals surface area contributed by atoms with Crippen LogP contribution < -0.4 is 4.72 Å². The molecule has 1 aromatic rings. The van der Waals surface area contributed by atoms with Gasteiger partial charge in [0.2, 0.25) is 5.91 Å². The molecule has 0 aliphatic carbocycles. The molecule has 2 atom stereocenters. The predicted octanol–water partition coefficient (Wildman–Crippen LogP) is 3.63. The fourth-order valence-corrected chi connectivity index (χ4v) is 3.79. The molecule has 0 aliphatic heterocycles. The van der Waals surface area contributed by atoms with Gasteiger partial charge in [0, 0.05) is 25.6 Å². The van der Waals surface area contributed by atoms with Crippen LogP contribution in [0.25, 0.3) is 0 Å². The van der Waals surface area contributed by atoms with Crippen LogP contribution in [0, 0.1) is 0 Å². The minimum atomic E-state index is -2.63. The van der Waals surface area contributed by atoms with E-state index in [0.29, 0.717) is 12.0 Å². The molecule has 8 nitrogen and oxygen atoms in total. The Morgan fingerprint density at radius 1 is 1.20 bits per heavy atom. The van der Waals surface area contributed by atoms with Crippen molar-refractivity contribution in [1.82, 2.24) is 9.62 Å². The van der Waals surface area contributed by atoms with Crippen molar-refractivity contribution in [2.24, 2.45) is 4.36 Å². The topological polar surface area (TPSA) is 105 Å². The first-order chi connectivity index (χ1) is 14.4. The summed E-state index contributed by atoms with van der Waals surface area (Å²) in [5.41, 5.74) is 0.613. The van der Waals surface area contributed by atoms with E-state index in [2.05, 4.69) is 16.0 Å². The maximum absolute atomic E-state index is 13.3. The highest BCUT2D eigenvalue weighted by molar-refractivity contribution is 8.11. The Labute approximate surface area is 184 Å². The molecule has 0 saturated heterocycles. The Kier molecular flexibility index (Phi) is 13.2. The molecule has 0 bridgehead atoms. The lowest BCUT2D eigenvalue weighted by molar-refractivity contribution is -0.129. The van der Waals surface area contributed by atoms with Crippen LogP contribution in [0.2, 0.25) is 0 Å². The minimum absolute atomic E-state index is 0.0803. The van der Waals surface area contributed by atoms with Crippen molar-refractivity contribution in [3.8, 4) is 0 Å². The number of nitrogens with zero attached hydrogens (tertiary/aromatic N) is 2. The summed E-state index contributed by atoms with van der Waals surface area (Å²) in [6.45, 7) is 2.09. The van der Waals surface area contributed by atoms with Crippen molar-refractivity contribution in [3.63, 3.8) is 0 Å². The Bertz CT molecular complexity index is 779. The number of benzene rings is 1. The van der Waals surface area contributed by atoms with Crippen LogP contribution in [0.5, 0.6) is 0 Å². The minimum Gasteiger partial charge on any atom is -0.381 e. The summed E-state index contributed by atoms with van der Waals surface area (Å²) in [4.78, 5) is 27.0. The lowest BCUT2D eigenvalue weighted by Crippen LogP contribution is -2.40. The molecule has 1 N–H and O–H groups in total. The van der Waals surface area contributed by atoms with Gasteiger partial charge in [-0.1, -0.05) is 50.1 Å². The maximum atomic E-state index is 13.3. The van der Waals surface area contributed by atoms with Gasteiger partial charge in [-0.05, 0) is 31.9 Å². The molecule has 0 aromatic heterocycles.